The fraction of sp³-hybridized carbons (Fsp3) is 0.545. The largest absolute Gasteiger partial charge is 0.381 e. The van der Waals surface area contributed by atoms with Crippen molar-refractivity contribution in [1.82, 2.24) is 20.6 Å². The molecule has 1 heterocycles. The predicted molar refractivity (Wildman–Crippen MR) is 128 cm³/mol. The molecule has 32 heavy (non-hydrogen) atoms. The number of halogens is 1. The first-order valence-corrected chi connectivity index (χ1v) is 11.3. The number of nitrogen functional groups attached to an aromatic ring is 1. The van der Waals surface area contributed by atoms with Crippen LogP contribution in [0, 0.1) is 0 Å². The quantitative estimate of drug-likeness (QED) is 0.277. The Morgan fingerprint density at radius 3 is 2.62 bits per heavy atom. The summed E-state index contributed by atoms with van der Waals surface area (Å²) < 4.78 is 0.709. The Labute approximate surface area is 195 Å². The number of nitrogens with two attached hydrogens (primary N) is 1. The van der Waals surface area contributed by atoms with E-state index >= 15 is 0 Å². The number of nitrogens with one attached hydrogen (secondary N) is 3. The SMILES string of the molecule is CNc1nc(N)c(Cl)nc1C(=O)NCC[N+](C)(C)CCCNC(=O)CCC1=CCCC=C1. The van der Waals surface area contributed by atoms with Crippen LogP contribution in [0.2, 0.25) is 5.15 Å². The number of likely N-dealkylation sites (N-methyl/N-ethyl adjacent to an activating group) is 1. The van der Waals surface area contributed by atoms with Gasteiger partial charge in [-0.15, -0.1) is 0 Å². The number of allylic oxidation sites excluding steroid dienone is 4. The molecule has 0 saturated carbocycles. The molecular formula is C22H35ClN7O2+. The highest BCUT2D eigenvalue weighted by atomic mass is 35.5. The second kappa shape index (κ2) is 12.4. The van der Waals surface area contributed by atoms with Gasteiger partial charge in [0.15, 0.2) is 22.5 Å². The van der Waals surface area contributed by atoms with Gasteiger partial charge in [-0.1, -0.05) is 35.4 Å². The summed E-state index contributed by atoms with van der Waals surface area (Å²) in [6.45, 7) is 2.71. The molecule has 0 bridgehead atoms. The standard InChI is InChI=1S/C22H34ClN7O2/c1-25-21-18(28-19(23)20(24)29-21)22(32)27-13-15-30(2,3)14-7-12-26-17(31)11-10-16-8-5-4-6-9-16/h5,8-9H,4,6-7,10-15H2,1-3H3,(H4-,24,25,26,27,29,31,32)/p+1. The minimum absolute atomic E-state index is 0.000704. The van der Waals surface area contributed by atoms with Gasteiger partial charge < -0.3 is 26.2 Å². The predicted octanol–water partition coefficient (Wildman–Crippen LogP) is 2.12. The number of amides is 2. The van der Waals surface area contributed by atoms with Gasteiger partial charge in [-0.05, 0) is 19.3 Å². The molecule has 0 spiro atoms. The summed E-state index contributed by atoms with van der Waals surface area (Å²) in [5.41, 5.74) is 7.00. The average molecular weight is 465 g/mol. The monoisotopic (exact) mass is 464 g/mol. The second-order valence-corrected chi connectivity index (χ2v) is 8.81. The number of hydrogen-bond acceptors (Lipinski definition) is 6. The lowest BCUT2D eigenvalue weighted by atomic mass is 10.0. The van der Waals surface area contributed by atoms with E-state index in [0.29, 0.717) is 24.0 Å². The molecular weight excluding hydrogens is 430 g/mol. The second-order valence-electron chi connectivity index (χ2n) is 8.45. The molecule has 9 nitrogen and oxygen atoms in total. The van der Waals surface area contributed by atoms with E-state index in [1.165, 1.54) is 5.57 Å². The van der Waals surface area contributed by atoms with Crippen molar-refractivity contribution in [2.24, 2.45) is 0 Å². The first kappa shape index (κ1) is 25.6. The van der Waals surface area contributed by atoms with Gasteiger partial charge in [0.2, 0.25) is 5.91 Å². The maximum Gasteiger partial charge on any atom is 0.274 e. The molecule has 0 radical (unpaired) electrons. The minimum Gasteiger partial charge on any atom is -0.381 e. The van der Waals surface area contributed by atoms with Gasteiger partial charge in [0.1, 0.15) is 0 Å². The van der Waals surface area contributed by atoms with E-state index < -0.39 is 0 Å². The number of nitrogens with zero attached hydrogens (tertiary/aromatic N) is 3. The van der Waals surface area contributed by atoms with Crippen LogP contribution in [0.1, 0.15) is 42.6 Å². The first-order chi connectivity index (χ1) is 15.2. The highest BCUT2D eigenvalue weighted by Gasteiger charge is 2.19. The number of rotatable bonds is 12. The van der Waals surface area contributed by atoms with Gasteiger partial charge in [0.05, 0.1) is 33.7 Å². The normalized spacial score (nSPS) is 13.4. The molecule has 0 aromatic carbocycles. The molecule has 0 aliphatic heterocycles. The van der Waals surface area contributed by atoms with E-state index in [2.05, 4.69) is 58.2 Å². The van der Waals surface area contributed by atoms with Crippen LogP contribution >= 0.6 is 11.6 Å². The number of carbonyl (C=O) groups excluding carboxylic acids is 2. The van der Waals surface area contributed by atoms with Gasteiger partial charge in [-0.2, -0.15) is 0 Å². The number of anilines is 2. The summed E-state index contributed by atoms with van der Waals surface area (Å²) in [4.78, 5) is 32.6. The van der Waals surface area contributed by atoms with Crippen molar-refractivity contribution >= 4 is 35.1 Å². The van der Waals surface area contributed by atoms with E-state index in [0.717, 1.165) is 38.8 Å². The zero-order chi connectivity index (χ0) is 23.6. The van der Waals surface area contributed by atoms with Crippen molar-refractivity contribution in [1.29, 1.82) is 0 Å². The highest BCUT2D eigenvalue weighted by molar-refractivity contribution is 6.31. The summed E-state index contributed by atoms with van der Waals surface area (Å²) in [6, 6.07) is 0. The van der Waals surface area contributed by atoms with Crippen LogP contribution in [0.15, 0.2) is 23.8 Å². The fourth-order valence-corrected chi connectivity index (χ4v) is 3.49. The lowest BCUT2D eigenvalue weighted by Gasteiger charge is -2.30. The van der Waals surface area contributed by atoms with E-state index in [-0.39, 0.29) is 34.3 Å². The Kier molecular flexibility index (Phi) is 9.93. The molecule has 0 unspecified atom stereocenters. The van der Waals surface area contributed by atoms with Crippen LogP contribution in [-0.4, -0.2) is 73.6 Å². The number of aromatic nitrogens is 2. The summed E-state index contributed by atoms with van der Waals surface area (Å²) in [5.74, 6) is 0.0787. The van der Waals surface area contributed by atoms with Crippen molar-refractivity contribution in [3.05, 3.63) is 34.6 Å². The number of carbonyl (C=O) groups is 2. The van der Waals surface area contributed by atoms with Crippen LogP contribution in [0.3, 0.4) is 0 Å². The Bertz CT molecular complexity index is 868. The smallest absolute Gasteiger partial charge is 0.274 e. The Hall–Kier alpha value is -2.65. The molecule has 1 aliphatic carbocycles. The highest BCUT2D eigenvalue weighted by Crippen LogP contribution is 2.19. The van der Waals surface area contributed by atoms with Crippen LogP contribution in [0.5, 0.6) is 0 Å². The fourth-order valence-electron chi connectivity index (χ4n) is 3.36. The molecule has 1 aliphatic rings. The molecule has 0 fully saturated rings. The lowest BCUT2D eigenvalue weighted by molar-refractivity contribution is -0.889. The molecule has 0 atom stereocenters. The maximum atomic E-state index is 12.5. The number of hydrogen-bond donors (Lipinski definition) is 4. The lowest BCUT2D eigenvalue weighted by Crippen LogP contribution is -2.46. The summed E-state index contributed by atoms with van der Waals surface area (Å²) in [7, 11) is 5.82. The van der Waals surface area contributed by atoms with Gasteiger partial charge in [0.25, 0.3) is 5.91 Å². The molecule has 2 rings (SSSR count). The summed E-state index contributed by atoms with van der Waals surface area (Å²) in [5, 5.41) is 8.66. The molecule has 176 valence electrons. The van der Waals surface area contributed by atoms with Crippen LogP contribution in [0.25, 0.3) is 0 Å². The molecule has 0 saturated heterocycles. The Morgan fingerprint density at radius 1 is 1.16 bits per heavy atom. The van der Waals surface area contributed by atoms with E-state index in [1.54, 1.807) is 7.05 Å². The Morgan fingerprint density at radius 2 is 1.94 bits per heavy atom. The summed E-state index contributed by atoms with van der Waals surface area (Å²) in [6.07, 6.45) is 10.8. The minimum atomic E-state index is -0.362. The van der Waals surface area contributed by atoms with Crippen LogP contribution in [0.4, 0.5) is 11.6 Å². The summed E-state index contributed by atoms with van der Waals surface area (Å²) >= 11 is 5.90. The Balaban J connectivity index is 1.66. The van der Waals surface area contributed by atoms with Crippen molar-refractivity contribution in [3.63, 3.8) is 0 Å². The van der Waals surface area contributed by atoms with Crippen LogP contribution < -0.4 is 21.7 Å². The van der Waals surface area contributed by atoms with Gasteiger partial charge >= 0.3 is 0 Å². The average Bonchev–Trinajstić information content (AvgIpc) is 2.77. The third-order valence-electron chi connectivity index (χ3n) is 5.31. The van der Waals surface area contributed by atoms with E-state index in [9.17, 15) is 9.59 Å². The van der Waals surface area contributed by atoms with Crippen molar-refractivity contribution in [2.75, 3.05) is 58.4 Å². The van der Waals surface area contributed by atoms with Gasteiger partial charge in [0, 0.05) is 26.4 Å². The van der Waals surface area contributed by atoms with Crippen molar-refractivity contribution < 1.29 is 14.1 Å². The van der Waals surface area contributed by atoms with E-state index in [4.69, 9.17) is 17.3 Å². The molecule has 1 aromatic rings. The molecule has 10 heteroatoms. The van der Waals surface area contributed by atoms with Gasteiger partial charge in [-0.25, -0.2) is 9.97 Å². The van der Waals surface area contributed by atoms with E-state index in [1.807, 2.05) is 0 Å². The maximum absolute atomic E-state index is 12.5. The molecule has 2 amide bonds. The number of quaternary nitrogens is 1. The first-order valence-electron chi connectivity index (χ1n) is 10.9. The van der Waals surface area contributed by atoms with Crippen LogP contribution in [-0.2, 0) is 4.79 Å². The zero-order valence-corrected chi connectivity index (χ0v) is 20.0. The zero-order valence-electron chi connectivity index (χ0n) is 19.2. The third kappa shape index (κ3) is 8.47. The topological polar surface area (TPSA) is 122 Å². The molecule has 1 aromatic heterocycles. The van der Waals surface area contributed by atoms with Crippen molar-refractivity contribution in [3.8, 4) is 0 Å². The van der Waals surface area contributed by atoms with Gasteiger partial charge in [-0.3, -0.25) is 9.59 Å². The third-order valence-corrected chi connectivity index (χ3v) is 5.59. The van der Waals surface area contributed by atoms with Crippen molar-refractivity contribution in [2.45, 2.75) is 32.1 Å². The molecule has 5 N–H and O–H groups in total.